The summed E-state index contributed by atoms with van der Waals surface area (Å²) in [5.74, 6) is -2.61. The van der Waals surface area contributed by atoms with Crippen molar-refractivity contribution in [2.45, 2.75) is 25.3 Å². The number of nitrogens with zero attached hydrogens (tertiary/aromatic N) is 3. The Morgan fingerprint density at radius 3 is 2.28 bits per heavy atom. The topological polar surface area (TPSA) is 173 Å². The number of urea groups is 1. The maximum Gasteiger partial charge on any atom is 0.472 e. The minimum atomic E-state index is -5.46. The van der Waals surface area contributed by atoms with Crippen LogP contribution in [0.3, 0.4) is 0 Å². The molecule has 226 valence electrons. The number of aromatic nitrogens is 3. The zero-order valence-electron chi connectivity index (χ0n) is 21.2. The van der Waals surface area contributed by atoms with Crippen molar-refractivity contribution >= 4 is 34.3 Å². The number of halogens is 6. The molecule has 0 saturated heterocycles. The molecule has 0 unspecified atom stereocenters. The summed E-state index contributed by atoms with van der Waals surface area (Å²) >= 11 is 0. The molecule has 0 aliphatic rings. The average molecular weight is 613 g/mol. The Labute approximate surface area is 233 Å². The van der Waals surface area contributed by atoms with Crippen molar-refractivity contribution < 1.29 is 40.9 Å². The summed E-state index contributed by atoms with van der Waals surface area (Å²) in [6.07, 6.45) is -9.21. The minimum Gasteiger partial charge on any atom is -0.334 e. The third kappa shape index (κ3) is 7.18. The number of non-ortho nitro benzene ring substituents is 1. The fraction of sp³-hybridized carbons (Fsp3) is 0.167. The number of hydrogen-bond acceptors (Lipinski definition) is 6. The molecular formula is C24H17F6N7O6. The smallest absolute Gasteiger partial charge is 0.334 e. The van der Waals surface area contributed by atoms with Gasteiger partial charge in [-0.15, -0.1) is 0 Å². The van der Waals surface area contributed by atoms with E-state index in [0.29, 0.717) is 5.56 Å². The molecule has 13 nitrogen and oxygen atoms in total. The third-order valence-electron chi connectivity index (χ3n) is 5.77. The van der Waals surface area contributed by atoms with Crippen molar-refractivity contribution in [3.8, 4) is 5.69 Å². The van der Waals surface area contributed by atoms with Gasteiger partial charge in [0.25, 0.3) is 5.69 Å². The van der Waals surface area contributed by atoms with Crippen LogP contribution in [0.2, 0.25) is 0 Å². The van der Waals surface area contributed by atoms with E-state index in [9.17, 15) is 55.6 Å². The lowest BCUT2D eigenvalue weighted by Crippen LogP contribution is -2.46. The Morgan fingerprint density at radius 1 is 1.00 bits per heavy atom. The first kappa shape index (κ1) is 30.3. The number of aromatic amines is 1. The number of carbonyl (C=O) groups excluding carboxylic acids is 2. The van der Waals surface area contributed by atoms with Crippen LogP contribution in [-0.2, 0) is 17.8 Å². The van der Waals surface area contributed by atoms with Crippen LogP contribution in [0.5, 0.6) is 0 Å². The lowest BCUT2D eigenvalue weighted by molar-refractivity contribution is -0.384. The Morgan fingerprint density at radius 2 is 1.67 bits per heavy atom. The molecule has 43 heavy (non-hydrogen) atoms. The Kier molecular flexibility index (Phi) is 8.00. The number of nitrogens with one attached hydrogen (secondary N) is 4. The van der Waals surface area contributed by atoms with Crippen molar-refractivity contribution in [2.75, 3.05) is 10.7 Å². The molecule has 0 bridgehead atoms. The molecule has 0 spiro atoms. The number of alkyl halides is 6. The van der Waals surface area contributed by atoms with E-state index >= 15 is 0 Å². The van der Waals surface area contributed by atoms with Crippen LogP contribution in [0, 0.1) is 10.1 Å². The number of nitro benzene ring substituents is 1. The molecule has 2 aromatic heterocycles. The molecular weight excluding hydrogens is 596 g/mol. The van der Waals surface area contributed by atoms with Crippen molar-refractivity contribution in [3.05, 3.63) is 96.8 Å². The quantitative estimate of drug-likeness (QED) is 0.108. The Bertz CT molecular complexity index is 1840. The van der Waals surface area contributed by atoms with Gasteiger partial charge < -0.3 is 20.2 Å². The highest BCUT2D eigenvalue weighted by molar-refractivity contribution is 5.91. The monoisotopic (exact) mass is 613 g/mol. The van der Waals surface area contributed by atoms with Gasteiger partial charge in [0.05, 0.1) is 28.1 Å². The van der Waals surface area contributed by atoms with Crippen molar-refractivity contribution in [3.63, 3.8) is 0 Å². The molecule has 4 N–H and O–H groups in total. The Hall–Kier alpha value is -5.62. The molecule has 0 aliphatic heterocycles. The van der Waals surface area contributed by atoms with Gasteiger partial charge in [0.2, 0.25) is 0 Å². The summed E-state index contributed by atoms with van der Waals surface area (Å²) in [7, 11) is 0. The van der Waals surface area contributed by atoms with Gasteiger partial charge in [-0.3, -0.25) is 29.9 Å². The molecule has 2 heterocycles. The zero-order chi connectivity index (χ0) is 31.7. The van der Waals surface area contributed by atoms with Gasteiger partial charge in [0.15, 0.2) is 0 Å². The van der Waals surface area contributed by atoms with Crippen LogP contribution in [0.4, 0.5) is 42.5 Å². The maximum atomic E-state index is 13.4. The standard InChI is InChI=1S/C24H17F6N7O6/c25-23(26,27)9-13-7-16-18(36(20(39)19(38)33-16)34-21(40)24(28,29)30)8-17(13)35-6-5-12(11-35)10-31-22(41)32-14-1-3-15(4-2-14)37(42)43/h1-8,11H,9-10H2,(H,33,38)(H,34,40)(H2,31,32,41). The van der Waals surface area contributed by atoms with Crippen LogP contribution in [0.15, 0.2) is 64.4 Å². The number of nitro groups is 1. The average Bonchev–Trinajstić information content (AvgIpc) is 3.37. The second-order valence-electron chi connectivity index (χ2n) is 8.86. The van der Waals surface area contributed by atoms with E-state index in [1.165, 1.54) is 48.2 Å². The molecule has 0 radical (unpaired) electrons. The summed E-state index contributed by atoms with van der Waals surface area (Å²) < 4.78 is 79.9. The van der Waals surface area contributed by atoms with Gasteiger partial charge in [0.1, 0.15) is 0 Å². The molecule has 19 heteroatoms. The Balaban J connectivity index is 1.65. The number of benzene rings is 2. The van der Waals surface area contributed by atoms with Crippen LogP contribution in [0.1, 0.15) is 11.1 Å². The van der Waals surface area contributed by atoms with E-state index in [2.05, 4.69) is 10.6 Å². The first-order valence-electron chi connectivity index (χ1n) is 11.8. The van der Waals surface area contributed by atoms with E-state index in [1.807, 2.05) is 4.98 Å². The van der Waals surface area contributed by atoms with Gasteiger partial charge in [-0.25, -0.2) is 9.47 Å². The first-order chi connectivity index (χ1) is 20.0. The highest BCUT2D eigenvalue weighted by Crippen LogP contribution is 2.29. The van der Waals surface area contributed by atoms with Crippen molar-refractivity contribution in [2.24, 2.45) is 0 Å². The predicted molar refractivity (Wildman–Crippen MR) is 137 cm³/mol. The highest BCUT2D eigenvalue weighted by Gasteiger charge is 2.39. The molecule has 3 amide bonds. The van der Waals surface area contributed by atoms with Gasteiger partial charge in [-0.05, 0) is 41.5 Å². The third-order valence-corrected chi connectivity index (χ3v) is 5.77. The lowest BCUT2D eigenvalue weighted by Gasteiger charge is -2.17. The van der Waals surface area contributed by atoms with Gasteiger partial charge in [-0.2, -0.15) is 26.3 Å². The zero-order valence-corrected chi connectivity index (χ0v) is 21.2. The van der Waals surface area contributed by atoms with Gasteiger partial charge >= 0.3 is 35.4 Å². The van der Waals surface area contributed by atoms with E-state index < -0.39 is 63.4 Å². The van der Waals surface area contributed by atoms with Gasteiger partial charge in [0, 0.05) is 36.8 Å². The number of hydrogen-bond donors (Lipinski definition) is 4. The van der Waals surface area contributed by atoms with E-state index in [4.69, 9.17) is 0 Å². The summed E-state index contributed by atoms with van der Waals surface area (Å²) in [6.45, 7) is -0.159. The summed E-state index contributed by atoms with van der Waals surface area (Å²) in [5.41, 5.74) is -3.22. The van der Waals surface area contributed by atoms with Crippen molar-refractivity contribution in [1.29, 1.82) is 0 Å². The molecule has 0 atom stereocenters. The van der Waals surface area contributed by atoms with Crippen LogP contribution < -0.4 is 27.2 Å². The van der Waals surface area contributed by atoms with E-state index in [-0.39, 0.29) is 28.3 Å². The molecule has 4 aromatic rings. The number of rotatable bonds is 7. The molecule has 4 rings (SSSR count). The van der Waals surface area contributed by atoms with Crippen molar-refractivity contribution in [1.82, 2.24) is 19.5 Å². The van der Waals surface area contributed by atoms with Crippen LogP contribution in [-0.4, -0.2) is 43.4 Å². The highest BCUT2D eigenvalue weighted by atomic mass is 19.4. The SMILES string of the molecule is O=C(NCc1ccn(-c2cc3c(cc2CC(F)(F)F)[nH]c(=O)c(=O)n3NC(=O)C(F)(F)F)c1)Nc1ccc([N+](=O)[O-])cc1. The summed E-state index contributed by atoms with van der Waals surface area (Å²) in [4.78, 5) is 60.2. The molecule has 0 fully saturated rings. The number of fused-ring (bicyclic) bond motifs is 1. The lowest BCUT2D eigenvalue weighted by atomic mass is 10.1. The second-order valence-corrected chi connectivity index (χ2v) is 8.86. The molecule has 2 aromatic carbocycles. The number of carbonyl (C=O) groups is 2. The number of anilines is 1. The summed E-state index contributed by atoms with van der Waals surface area (Å²) in [6, 6.07) is 7.29. The van der Waals surface area contributed by atoms with Gasteiger partial charge in [-0.1, -0.05) is 0 Å². The number of amides is 3. The van der Waals surface area contributed by atoms with E-state index in [0.717, 1.165) is 16.7 Å². The predicted octanol–water partition coefficient (Wildman–Crippen LogP) is 3.45. The normalized spacial score (nSPS) is 11.8. The number of H-pyrrole nitrogens is 1. The van der Waals surface area contributed by atoms with E-state index in [1.54, 1.807) is 0 Å². The fourth-order valence-electron chi connectivity index (χ4n) is 3.89. The largest absolute Gasteiger partial charge is 0.472 e. The minimum absolute atomic E-state index is 0.0145. The maximum absolute atomic E-state index is 13.4. The van der Waals surface area contributed by atoms with Crippen LogP contribution >= 0.6 is 0 Å². The molecule has 0 aliphatic carbocycles. The summed E-state index contributed by atoms with van der Waals surface area (Å²) in [5, 5.41) is 15.6. The second kappa shape index (κ2) is 11.3. The fourth-order valence-corrected chi connectivity index (χ4v) is 3.89. The first-order valence-corrected chi connectivity index (χ1v) is 11.8. The van der Waals surface area contributed by atoms with Crippen LogP contribution in [0.25, 0.3) is 16.7 Å². The molecule has 0 saturated carbocycles.